The fraction of sp³-hybridized carbons (Fsp3) is 0.464. The molecule has 6 rings (SSSR count). The van der Waals surface area contributed by atoms with Gasteiger partial charge in [-0.15, -0.1) is 0 Å². The second-order valence-corrected chi connectivity index (χ2v) is 10.4. The molecular weight excluding hydrogens is 474 g/mol. The molecule has 7 nitrogen and oxygen atoms in total. The summed E-state index contributed by atoms with van der Waals surface area (Å²) in [5.74, 6) is -0.0147. The summed E-state index contributed by atoms with van der Waals surface area (Å²) in [4.78, 5) is 26.4. The zero-order valence-electron chi connectivity index (χ0n) is 20.9. The van der Waals surface area contributed by atoms with Gasteiger partial charge in [-0.25, -0.2) is 13.8 Å². The molecule has 0 aliphatic carbocycles. The Morgan fingerprint density at radius 2 is 1.92 bits per heavy atom. The molecule has 0 atom stereocenters. The van der Waals surface area contributed by atoms with E-state index in [0.29, 0.717) is 50.4 Å². The smallest absolute Gasteiger partial charge is 0.260 e. The van der Waals surface area contributed by atoms with E-state index in [9.17, 15) is 9.18 Å². The molecule has 5 heterocycles. The summed E-state index contributed by atoms with van der Waals surface area (Å²) >= 11 is 0. The average molecular weight is 507 g/mol. The molecule has 9 heteroatoms. The molecule has 194 valence electrons. The Bertz CT molecular complexity index is 1310. The van der Waals surface area contributed by atoms with E-state index in [0.717, 1.165) is 30.7 Å². The highest BCUT2D eigenvalue weighted by Crippen LogP contribution is 2.35. The molecule has 0 radical (unpaired) electrons. The van der Waals surface area contributed by atoms with Gasteiger partial charge in [0.2, 0.25) is 0 Å². The first-order valence-corrected chi connectivity index (χ1v) is 13.2. The van der Waals surface area contributed by atoms with E-state index in [4.69, 9.17) is 4.98 Å². The topological polar surface area (TPSA) is 66.3 Å². The summed E-state index contributed by atoms with van der Waals surface area (Å²) in [5.41, 5.74) is 1.56. The van der Waals surface area contributed by atoms with Crippen LogP contribution >= 0.6 is 0 Å². The Morgan fingerprint density at radius 1 is 1.11 bits per heavy atom. The summed E-state index contributed by atoms with van der Waals surface area (Å²) in [7, 11) is 0. The van der Waals surface area contributed by atoms with E-state index in [1.165, 1.54) is 17.8 Å². The highest BCUT2D eigenvalue weighted by Gasteiger charge is 2.45. The lowest BCUT2D eigenvalue weighted by atomic mass is 9.90. The Balaban J connectivity index is 1.15. The molecule has 0 bridgehead atoms. The molecule has 0 unspecified atom stereocenters. The number of benzene rings is 1. The number of carbonyl (C=O) groups is 1. The van der Waals surface area contributed by atoms with E-state index < -0.39 is 5.67 Å². The number of aromatic nitrogens is 3. The fourth-order valence-corrected chi connectivity index (χ4v) is 5.92. The largest absolute Gasteiger partial charge is 0.387 e. The van der Waals surface area contributed by atoms with Crippen molar-refractivity contribution < 1.29 is 13.6 Å². The number of pyridine rings is 1. The number of fused-ring (bicyclic) bond motifs is 1. The Labute approximate surface area is 215 Å². The first-order valence-electron chi connectivity index (χ1n) is 13.2. The van der Waals surface area contributed by atoms with Gasteiger partial charge in [0.25, 0.3) is 5.91 Å². The Kier molecular flexibility index (Phi) is 6.40. The molecule has 3 aromatic rings. The number of piperidine rings is 2. The van der Waals surface area contributed by atoms with Crippen molar-refractivity contribution in [1.82, 2.24) is 29.7 Å². The maximum Gasteiger partial charge on any atom is 0.260 e. The number of rotatable bonds is 5. The van der Waals surface area contributed by atoms with Gasteiger partial charge in [0, 0.05) is 76.1 Å². The third-order valence-corrected chi connectivity index (χ3v) is 7.98. The standard InChI is InChI=1S/C28H32F2N6O/c29-20-6-7-25-24(18-20)33-26(23-5-1-2-12-32-23)36(25)22-8-14-35(15-9-22)27(37)28(30)10-16-34(17-11-28)19-21-4-3-13-31-21/h1-2,4-7,12,18,22,31H,3,8-11,13-17,19H2. The fourth-order valence-electron chi connectivity index (χ4n) is 5.92. The maximum atomic E-state index is 15.8. The first-order chi connectivity index (χ1) is 18.0. The number of alkyl halides is 1. The summed E-state index contributed by atoms with van der Waals surface area (Å²) < 4.78 is 31.9. The van der Waals surface area contributed by atoms with Gasteiger partial charge in [0.05, 0.1) is 11.0 Å². The van der Waals surface area contributed by atoms with Crippen LogP contribution in [-0.2, 0) is 4.79 Å². The summed E-state index contributed by atoms with van der Waals surface area (Å²) in [6, 6.07) is 10.3. The molecule has 2 saturated heterocycles. The van der Waals surface area contributed by atoms with E-state index in [1.807, 2.05) is 18.2 Å². The molecule has 1 amide bonds. The van der Waals surface area contributed by atoms with Gasteiger partial charge in [0.15, 0.2) is 11.5 Å². The van der Waals surface area contributed by atoms with E-state index in [-0.39, 0.29) is 30.6 Å². The van der Waals surface area contributed by atoms with Crippen LogP contribution in [0.1, 0.15) is 38.1 Å². The van der Waals surface area contributed by atoms with Crippen LogP contribution < -0.4 is 5.32 Å². The van der Waals surface area contributed by atoms with Crippen molar-refractivity contribution in [2.24, 2.45) is 0 Å². The van der Waals surface area contributed by atoms with Crippen LogP contribution in [0, 0.1) is 5.82 Å². The minimum Gasteiger partial charge on any atom is -0.387 e. The van der Waals surface area contributed by atoms with Gasteiger partial charge in [0.1, 0.15) is 11.5 Å². The molecule has 37 heavy (non-hydrogen) atoms. The van der Waals surface area contributed by atoms with Crippen molar-refractivity contribution in [3.8, 4) is 11.5 Å². The second-order valence-electron chi connectivity index (χ2n) is 10.4. The van der Waals surface area contributed by atoms with Crippen molar-refractivity contribution in [3.05, 3.63) is 60.2 Å². The molecule has 2 aromatic heterocycles. The minimum atomic E-state index is -1.79. The highest BCUT2D eigenvalue weighted by molar-refractivity contribution is 5.85. The van der Waals surface area contributed by atoms with Gasteiger partial charge < -0.3 is 14.8 Å². The molecule has 1 N–H and O–H groups in total. The van der Waals surface area contributed by atoms with E-state index in [1.54, 1.807) is 17.2 Å². The van der Waals surface area contributed by atoms with Gasteiger partial charge in [-0.2, -0.15) is 0 Å². The minimum absolute atomic E-state index is 0.0566. The number of hydrogen-bond acceptors (Lipinski definition) is 5. The molecule has 2 fully saturated rings. The van der Waals surface area contributed by atoms with Crippen LogP contribution in [-0.4, -0.2) is 75.2 Å². The van der Waals surface area contributed by atoms with Crippen LogP contribution in [0.2, 0.25) is 0 Å². The number of nitrogens with one attached hydrogen (secondary N) is 1. The summed E-state index contributed by atoms with van der Waals surface area (Å²) in [6.45, 7) is 3.92. The monoisotopic (exact) mass is 506 g/mol. The lowest BCUT2D eigenvalue weighted by Crippen LogP contribution is -2.54. The molecule has 3 aliphatic rings. The molecule has 3 aliphatic heterocycles. The van der Waals surface area contributed by atoms with Crippen molar-refractivity contribution in [2.75, 3.05) is 39.3 Å². The SMILES string of the molecule is O=C(N1CCC(n2c(-c3ccccn3)nc3cc(F)ccc32)CC1)C1(F)CCN(CC2=CCCN2)CC1. The first kappa shape index (κ1) is 24.0. The third kappa shape index (κ3) is 4.72. The summed E-state index contributed by atoms with van der Waals surface area (Å²) in [6.07, 6.45) is 6.79. The predicted molar refractivity (Wildman–Crippen MR) is 138 cm³/mol. The van der Waals surface area contributed by atoms with Crippen molar-refractivity contribution in [1.29, 1.82) is 0 Å². The van der Waals surface area contributed by atoms with Crippen LogP contribution in [0.5, 0.6) is 0 Å². The maximum absolute atomic E-state index is 15.8. The second kappa shape index (κ2) is 9.85. The highest BCUT2D eigenvalue weighted by atomic mass is 19.1. The van der Waals surface area contributed by atoms with E-state index >= 15 is 4.39 Å². The number of likely N-dealkylation sites (tertiary alicyclic amines) is 2. The quantitative estimate of drug-likeness (QED) is 0.565. The molecule has 1 aromatic carbocycles. The number of imidazole rings is 1. The molecule has 0 spiro atoms. The van der Waals surface area contributed by atoms with Gasteiger partial charge in [-0.1, -0.05) is 12.1 Å². The molecule has 0 saturated carbocycles. The lowest BCUT2D eigenvalue weighted by Gasteiger charge is -2.40. The van der Waals surface area contributed by atoms with Crippen LogP contribution in [0.3, 0.4) is 0 Å². The van der Waals surface area contributed by atoms with Crippen LogP contribution in [0.15, 0.2) is 54.4 Å². The Morgan fingerprint density at radius 3 is 2.62 bits per heavy atom. The van der Waals surface area contributed by atoms with Crippen molar-refractivity contribution >= 4 is 16.9 Å². The van der Waals surface area contributed by atoms with Crippen molar-refractivity contribution in [2.45, 2.75) is 43.8 Å². The zero-order chi connectivity index (χ0) is 25.4. The number of nitrogens with zero attached hydrogens (tertiary/aromatic N) is 5. The Hall–Kier alpha value is -3.33. The predicted octanol–water partition coefficient (Wildman–Crippen LogP) is 4.08. The van der Waals surface area contributed by atoms with Gasteiger partial charge in [-0.3, -0.25) is 14.7 Å². The van der Waals surface area contributed by atoms with Gasteiger partial charge in [-0.05, 0) is 43.5 Å². The number of halogens is 2. The number of hydrogen-bond donors (Lipinski definition) is 1. The average Bonchev–Trinajstić information content (AvgIpc) is 3.58. The van der Waals surface area contributed by atoms with Crippen LogP contribution in [0.4, 0.5) is 8.78 Å². The van der Waals surface area contributed by atoms with Crippen LogP contribution in [0.25, 0.3) is 22.6 Å². The number of carbonyl (C=O) groups excluding carboxylic acids is 1. The van der Waals surface area contributed by atoms with E-state index in [2.05, 4.69) is 25.8 Å². The molecular formula is C28H32F2N6O. The normalized spacial score (nSPS) is 20.7. The zero-order valence-corrected chi connectivity index (χ0v) is 20.9. The summed E-state index contributed by atoms with van der Waals surface area (Å²) in [5, 5.41) is 3.36. The van der Waals surface area contributed by atoms with Crippen molar-refractivity contribution in [3.63, 3.8) is 0 Å². The number of amides is 1. The third-order valence-electron chi connectivity index (χ3n) is 7.98. The lowest BCUT2D eigenvalue weighted by molar-refractivity contribution is -0.148. The van der Waals surface area contributed by atoms with Gasteiger partial charge >= 0.3 is 0 Å².